The second kappa shape index (κ2) is 11.9. The number of pyridine rings is 1. The molecule has 0 aliphatic rings. The number of halogens is 3. The summed E-state index contributed by atoms with van der Waals surface area (Å²) in [6, 6.07) is 4.44. The lowest BCUT2D eigenvalue weighted by molar-refractivity contribution is 0.0912. The average Bonchev–Trinajstić information content (AvgIpc) is 3.48. The molecule has 0 saturated carbocycles. The first-order valence-electron chi connectivity index (χ1n) is 12.3. The number of ether oxygens (including phenoxy) is 1. The van der Waals surface area contributed by atoms with Crippen molar-refractivity contribution in [3.8, 4) is 11.4 Å². The molecule has 0 aliphatic carbocycles. The molecule has 4 heterocycles. The van der Waals surface area contributed by atoms with Crippen molar-refractivity contribution in [2.75, 3.05) is 23.9 Å². The third-order valence-electron chi connectivity index (χ3n) is 5.91. The van der Waals surface area contributed by atoms with E-state index in [1.807, 2.05) is 10.6 Å². The highest BCUT2D eigenvalue weighted by molar-refractivity contribution is 6.76. The highest BCUT2D eigenvalue weighted by Crippen LogP contribution is 2.29. The second-order valence-electron chi connectivity index (χ2n) is 10.3. The van der Waals surface area contributed by atoms with Gasteiger partial charge in [-0.05, 0) is 18.2 Å². The van der Waals surface area contributed by atoms with Crippen LogP contribution in [-0.4, -0.2) is 69.0 Å². The van der Waals surface area contributed by atoms with E-state index in [9.17, 15) is 18.0 Å². The summed E-state index contributed by atoms with van der Waals surface area (Å²) in [6.45, 7) is 6.25. The van der Waals surface area contributed by atoms with Crippen molar-refractivity contribution in [2.24, 2.45) is 7.05 Å². The summed E-state index contributed by atoms with van der Waals surface area (Å²) in [5.41, 5.74) is 2.15. The van der Waals surface area contributed by atoms with E-state index in [0.717, 1.165) is 16.9 Å². The summed E-state index contributed by atoms with van der Waals surface area (Å²) in [4.78, 5) is 25.3. The van der Waals surface area contributed by atoms with E-state index < -0.39 is 27.2 Å². The zero-order chi connectivity index (χ0) is 28.2. The van der Waals surface area contributed by atoms with Crippen LogP contribution in [0.2, 0.25) is 25.7 Å². The number of hydrogen-bond acceptors (Lipinski definition) is 7. The van der Waals surface area contributed by atoms with Crippen molar-refractivity contribution in [1.29, 1.82) is 0 Å². The molecule has 0 bridgehead atoms. The molecule has 4 aromatic heterocycles. The van der Waals surface area contributed by atoms with Crippen molar-refractivity contribution in [3.63, 3.8) is 0 Å². The van der Waals surface area contributed by atoms with Crippen molar-refractivity contribution in [2.45, 2.75) is 44.9 Å². The molecule has 0 aliphatic heterocycles. The molecular formula is C25H31F3N8O2Si. The molecule has 2 N–H and O–H groups in total. The zero-order valence-corrected chi connectivity index (χ0v) is 23.2. The van der Waals surface area contributed by atoms with Crippen molar-refractivity contribution < 1.29 is 22.7 Å². The molecule has 0 radical (unpaired) electrons. The molecule has 0 saturated heterocycles. The minimum Gasteiger partial charge on any atom is -0.361 e. The SMILES string of the molecule is Cn1cc(C(=O)Nc2cc3c(cn2)cc(-c2ccnc(NC(CF)C(F)F)n2)n3COCC[Si](C)(C)C)cn1. The van der Waals surface area contributed by atoms with Crippen LogP contribution < -0.4 is 10.6 Å². The number of fused-ring (bicyclic) bond motifs is 1. The van der Waals surface area contributed by atoms with Gasteiger partial charge in [0.15, 0.2) is 0 Å². The third kappa shape index (κ3) is 7.20. The minimum absolute atomic E-state index is 0.116. The van der Waals surface area contributed by atoms with Gasteiger partial charge in [0.2, 0.25) is 5.95 Å². The van der Waals surface area contributed by atoms with Gasteiger partial charge in [-0.3, -0.25) is 9.48 Å². The number of carbonyl (C=O) groups is 1. The first-order valence-corrected chi connectivity index (χ1v) is 16.1. The Bertz CT molecular complexity index is 1440. The molecule has 1 unspecified atom stereocenters. The molecule has 0 spiro atoms. The highest BCUT2D eigenvalue weighted by Gasteiger charge is 2.22. The van der Waals surface area contributed by atoms with Gasteiger partial charge in [0.05, 0.1) is 28.7 Å². The average molecular weight is 561 g/mol. The van der Waals surface area contributed by atoms with Crippen LogP contribution in [0.5, 0.6) is 0 Å². The number of aryl methyl sites for hydroxylation is 1. The number of amides is 1. The van der Waals surface area contributed by atoms with Crippen LogP contribution in [0.25, 0.3) is 22.3 Å². The van der Waals surface area contributed by atoms with Gasteiger partial charge in [-0.15, -0.1) is 0 Å². The van der Waals surface area contributed by atoms with Crippen LogP contribution in [0.4, 0.5) is 24.9 Å². The second-order valence-corrected chi connectivity index (χ2v) is 15.9. The Morgan fingerprint density at radius 1 is 1.18 bits per heavy atom. The molecule has 39 heavy (non-hydrogen) atoms. The maximum Gasteiger partial charge on any atom is 0.261 e. The van der Waals surface area contributed by atoms with E-state index >= 15 is 0 Å². The topological polar surface area (TPSA) is 112 Å². The Balaban J connectivity index is 1.67. The standard InChI is InChI=1S/C25H31F3N8O2Si/c1-35-14-17(13-31-35)24(37)34-22-10-20-16(12-30-22)9-21(36(20)15-38-7-8-39(2,3)4)18-5-6-29-25(32-18)33-19(11-26)23(27)28/h5-6,9-10,12-14,19,23H,7-8,11,15H2,1-4H3,(H,29,32,33)(H,30,34,37). The Hall–Kier alpha value is -3.78. The molecule has 10 nitrogen and oxygen atoms in total. The third-order valence-corrected chi connectivity index (χ3v) is 7.62. The van der Waals surface area contributed by atoms with Crippen LogP contribution in [0.15, 0.2) is 43.0 Å². The molecule has 1 amide bonds. The number of aromatic nitrogens is 6. The lowest BCUT2D eigenvalue weighted by Gasteiger charge is -2.17. The summed E-state index contributed by atoms with van der Waals surface area (Å²) in [5.74, 6) is -0.140. The van der Waals surface area contributed by atoms with Crippen LogP contribution in [0.1, 0.15) is 10.4 Å². The quantitative estimate of drug-likeness (QED) is 0.189. The Morgan fingerprint density at radius 3 is 2.64 bits per heavy atom. The fourth-order valence-electron chi connectivity index (χ4n) is 3.74. The van der Waals surface area contributed by atoms with Crippen LogP contribution in [0, 0.1) is 0 Å². The van der Waals surface area contributed by atoms with Crippen LogP contribution >= 0.6 is 0 Å². The number of carbonyl (C=O) groups excluding carboxylic acids is 1. The van der Waals surface area contributed by atoms with Crippen molar-refractivity contribution >= 4 is 36.7 Å². The summed E-state index contributed by atoms with van der Waals surface area (Å²) < 4.78 is 48.7. The number of alkyl halides is 3. The number of hydrogen-bond donors (Lipinski definition) is 2. The van der Waals surface area contributed by atoms with Gasteiger partial charge >= 0.3 is 0 Å². The normalized spacial score (nSPS) is 12.7. The largest absolute Gasteiger partial charge is 0.361 e. The van der Waals surface area contributed by atoms with E-state index in [1.165, 1.54) is 17.1 Å². The van der Waals surface area contributed by atoms with Gasteiger partial charge in [0.1, 0.15) is 25.3 Å². The number of rotatable bonds is 12. The summed E-state index contributed by atoms with van der Waals surface area (Å²) in [6.07, 6.45) is 3.18. The Kier molecular flexibility index (Phi) is 8.65. The van der Waals surface area contributed by atoms with Gasteiger partial charge in [0.25, 0.3) is 12.3 Å². The summed E-state index contributed by atoms with van der Waals surface area (Å²) in [5, 5.41) is 9.91. The van der Waals surface area contributed by atoms with Gasteiger partial charge in [0, 0.05) is 51.8 Å². The van der Waals surface area contributed by atoms with E-state index in [-0.39, 0.29) is 18.6 Å². The molecule has 0 fully saturated rings. The molecule has 208 valence electrons. The molecule has 0 aromatic carbocycles. The number of nitrogens with one attached hydrogen (secondary N) is 2. The maximum absolute atomic E-state index is 13.1. The minimum atomic E-state index is -2.92. The van der Waals surface area contributed by atoms with Crippen LogP contribution in [0.3, 0.4) is 0 Å². The van der Waals surface area contributed by atoms with E-state index in [4.69, 9.17) is 4.74 Å². The van der Waals surface area contributed by atoms with Crippen molar-refractivity contribution in [1.82, 2.24) is 29.3 Å². The van der Waals surface area contributed by atoms with E-state index in [0.29, 0.717) is 29.4 Å². The smallest absolute Gasteiger partial charge is 0.261 e. The van der Waals surface area contributed by atoms with Gasteiger partial charge < -0.3 is 19.9 Å². The fourth-order valence-corrected chi connectivity index (χ4v) is 4.50. The highest BCUT2D eigenvalue weighted by atomic mass is 28.3. The van der Waals surface area contributed by atoms with E-state index in [2.05, 4.69) is 50.3 Å². The molecule has 4 rings (SSSR count). The Labute approximate surface area is 224 Å². The molecular weight excluding hydrogens is 529 g/mol. The fraction of sp³-hybridized carbons (Fsp3) is 0.400. The first kappa shape index (κ1) is 28.2. The van der Waals surface area contributed by atoms with Crippen LogP contribution in [-0.2, 0) is 18.5 Å². The predicted molar refractivity (Wildman–Crippen MR) is 145 cm³/mol. The lowest BCUT2D eigenvalue weighted by Crippen LogP contribution is -2.30. The monoisotopic (exact) mass is 560 g/mol. The molecule has 4 aromatic rings. The summed E-state index contributed by atoms with van der Waals surface area (Å²) >= 11 is 0. The first-order chi connectivity index (χ1) is 18.5. The molecule has 1 atom stereocenters. The van der Waals surface area contributed by atoms with Gasteiger partial charge in [-0.2, -0.15) is 5.10 Å². The Morgan fingerprint density at radius 2 is 1.97 bits per heavy atom. The summed E-state index contributed by atoms with van der Waals surface area (Å²) in [7, 11) is 0.395. The van der Waals surface area contributed by atoms with Gasteiger partial charge in [-0.1, -0.05) is 19.6 Å². The lowest BCUT2D eigenvalue weighted by atomic mass is 10.2. The number of nitrogens with zero attached hydrogens (tertiary/aromatic N) is 6. The van der Waals surface area contributed by atoms with Crippen molar-refractivity contribution in [3.05, 3.63) is 48.5 Å². The zero-order valence-electron chi connectivity index (χ0n) is 22.2. The predicted octanol–water partition coefficient (Wildman–Crippen LogP) is 4.81. The number of anilines is 2. The van der Waals surface area contributed by atoms with Gasteiger partial charge in [-0.25, -0.2) is 28.1 Å². The van der Waals surface area contributed by atoms with E-state index in [1.54, 1.807) is 31.6 Å². The molecule has 14 heteroatoms. The maximum atomic E-state index is 13.1.